The fourth-order valence-corrected chi connectivity index (χ4v) is 3.48. The Balaban J connectivity index is 2.25. The molecule has 0 fully saturated rings. The van der Waals surface area contributed by atoms with Crippen LogP contribution in [0.1, 0.15) is 39.7 Å². The minimum atomic E-state index is -0.837. The van der Waals surface area contributed by atoms with Gasteiger partial charge in [-0.3, -0.25) is 9.79 Å². The second kappa shape index (κ2) is 6.77. The summed E-state index contributed by atoms with van der Waals surface area (Å²) in [6.45, 7) is 7.29. The lowest BCUT2D eigenvalue weighted by molar-refractivity contribution is -0.153. The van der Waals surface area contributed by atoms with Gasteiger partial charge in [0.25, 0.3) is 0 Å². The van der Waals surface area contributed by atoms with Crippen LogP contribution < -0.4 is 0 Å². The Morgan fingerprint density at radius 2 is 2.13 bits per heavy atom. The Hall–Kier alpha value is -1.14. The minimum Gasteiger partial charge on any atom is -0.460 e. The van der Waals surface area contributed by atoms with Crippen molar-refractivity contribution < 1.29 is 13.9 Å². The van der Waals surface area contributed by atoms with Gasteiger partial charge in [0.1, 0.15) is 17.0 Å². The van der Waals surface area contributed by atoms with Crippen molar-refractivity contribution in [3.05, 3.63) is 45.5 Å². The number of esters is 1. The molecule has 124 valence electrons. The summed E-state index contributed by atoms with van der Waals surface area (Å²) in [5, 5.41) is 2.45. The maximum absolute atomic E-state index is 14.2. The highest BCUT2D eigenvalue weighted by Gasteiger charge is 2.30. The van der Waals surface area contributed by atoms with E-state index in [0.29, 0.717) is 10.6 Å². The molecule has 0 N–H and O–H groups in total. The van der Waals surface area contributed by atoms with Gasteiger partial charge >= 0.3 is 5.97 Å². The Labute approximate surface area is 148 Å². The SMILES string of the molecule is CC(C)(C)OC(=O)CC1=N[C@](C)(c2cc(Br)ccc2F)C=CS1. The Morgan fingerprint density at radius 3 is 2.78 bits per heavy atom. The summed E-state index contributed by atoms with van der Waals surface area (Å²) < 4.78 is 20.3. The molecule has 0 saturated carbocycles. The van der Waals surface area contributed by atoms with Crippen LogP contribution in [-0.4, -0.2) is 16.6 Å². The van der Waals surface area contributed by atoms with Crippen molar-refractivity contribution in [2.45, 2.75) is 45.3 Å². The first-order valence-electron chi connectivity index (χ1n) is 7.19. The quantitative estimate of drug-likeness (QED) is 0.655. The van der Waals surface area contributed by atoms with Crippen LogP contribution in [0.5, 0.6) is 0 Å². The summed E-state index contributed by atoms with van der Waals surface area (Å²) in [6, 6.07) is 4.77. The molecule has 2 rings (SSSR count). The second-order valence-electron chi connectivity index (χ2n) is 6.46. The summed E-state index contributed by atoms with van der Waals surface area (Å²) in [6.07, 6.45) is 1.92. The van der Waals surface area contributed by atoms with Crippen molar-refractivity contribution in [3.8, 4) is 0 Å². The van der Waals surface area contributed by atoms with E-state index in [-0.39, 0.29) is 18.2 Å². The smallest absolute Gasteiger partial charge is 0.312 e. The number of carbonyl (C=O) groups excluding carboxylic acids is 1. The molecule has 6 heteroatoms. The largest absolute Gasteiger partial charge is 0.460 e. The van der Waals surface area contributed by atoms with E-state index >= 15 is 0 Å². The van der Waals surface area contributed by atoms with Crippen molar-refractivity contribution >= 4 is 38.7 Å². The maximum Gasteiger partial charge on any atom is 0.312 e. The van der Waals surface area contributed by atoms with E-state index in [0.717, 1.165) is 4.47 Å². The van der Waals surface area contributed by atoms with Gasteiger partial charge in [0.05, 0.1) is 11.5 Å². The van der Waals surface area contributed by atoms with Gasteiger partial charge in [-0.1, -0.05) is 27.7 Å². The lowest BCUT2D eigenvalue weighted by Gasteiger charge is -2.27. The molecule has 23 heavy (non-hydrogen) atoms. The topological polar surface area (TPSA) is 38.7 Å². The van der Waals surface area contributed by atoms with E-state index in [1.54, 1.807) is 12.1 Å². The van der Waals surface area contributed by atoms with Crippen molar-refractivity contribution in [3.63, 3.8) is 0 Å². The number of aliphatic imine (C=N–C) groups is 1. The summed E-state index contributed by atoms with van der Waals surface area (Å²) in [4.78, 5) is 16.6. The maximum atomic E-state index is 14.2. The molecule has 1 aliphatic heterocycles. The van der Waals surface area contributed by atoms with Crippen molar-refractivity contribution in [2.24, 2.45) is 4.99 Å². The van der Waals surface area contributed by atoms with Gasteiger partial charge in [0, 0.05) is 10.0 Å². The van der Waals surface area contributed by atoms with Crippen LogP contribution in [0.4, 0.5) is 4.39 Å². The van der Waals surface area contributed by atoms with E-state index in [1.807, 2.05) is 39.2 Å². The van der Waals surface area contributed by atoms with Gasteiger partial charge in [0.2, 0.25) is 0 Å². The molecule has 3 nitrogen and oxygen atoms in total. The molecular formula is C17H19BrFNO2S. The number of nitrogens with zero attached hydrogens (tertiary/aromatic N) is 1. The second-order valence-corrected chi connectivity index (χ2v) is 8.36. The first-order chi connectivity index (χ1) is 10.6. The monoisotopic (exact) mass is 399 g/mol. The molecule has 0 aromatic heterocycles. The molecule has 1 atom stereocenters. The van der Waals surface area contributed by atoms with Gasteiger partial charge in [-0.15, -0.1) is 0 Å². The third kappa shape index (κ3) is 4.91. The number of halogens is 2. The van der Waals surface area contributed by atoms with E-state index in [1.165, 1.54) is 17.8 Å². The van der Waals surface area contributed by atoms with Crippen LogP contribution in [0.15, 0.2) is 39.1 Å². The summed E-state index contributed by atoms with van der Waals surface area (Å²) in [5.41, 5.74) is -0.909. The predicted octanol–water partition coefficient (Wildman–Crippen LogP) is 5.19. The third-order valence-corrected chi connectivity index (χ3v) is 4.42. The average Bonchev–Trinajstić information content (AvgIpc) is 2.39. The third-order valence-electron chi connectivity index (χ3n) is 3.14. The molecule has 0 amide bonds. The number of ether oxygens (including phenoxy) is 1. The molecule has 1 aromatic rings. The van der Waals surface area contributed by atoms with E-state index in [9.17, 15) is 9.18 Å². The molecule has 1 aliphatic rings. The van der Waals surface area contributed by atoms with Gasteiger partial charge in [-0.2, -0.15) is 0 Å². The number of thioether (sulfide) groups is 1. The Morgan fingerprint density at radius 1 is 1.43 bits per heavy atom. The first kappa shape index (κ1) is 18.2. The summed E-state index contributed by atoms with van der Waals surface area (Å²) in [7, 11) is 0. The number of hydrogen-bond acceptors (Lipinski definition) is 4. The lowest BCUT2D eigenvalue weighted by Crippen LogP contribution is -2.27. The zero-order valence-corrected chi connectivity index (χ0v) is 15.9. The van der Waals surface area contributed by atoms with E-state index in [2.05, 4.69) is 20.9 Å². The fourth-order valence-electron chi connectivity index (χ4n) is 2.19. The van der Waals surface area contributed by atoms with Crippen molar-refractivity contribution in [1.82, 2.24) is 0 Å². The molecular weight excluding hydrogens is 381 g/mol. The van der Waals surface area contributed by atoms with Gasteiger partial charge in [0.15, 0.2) is 0 Å². The van der Waals surface area contributed by atoms with Crippen LogP contribution >= 0.6 is 27.7 Å². The highest BCUT2D eigenvalue weighted by atomic mass is 79.9. The summed E-state index contributed by atoms with van der Waals surface area (Å²) in [5.74, 6) is -0.663. The molecule has 0 bridgehead atoms. The molecule has 0 spiro atoms. The van der Waals surface area contributed by atoms with E-state index in [4.69, 9.17) is 4.74 Å². The number of carbonyl (C=O) groups is 1. The number of rotatable bonds is 3. The zero-order valence-electron chi connectivity index (χ0n) is 13.5. The van der Waals surface area contributed by atoms with Crippen LogP contribution in [0.2, 0.25) is 0 Å². The molecule has 0 aliphatic carbocycles. The zero-order chi connectivity index (χ0) is 17.3. The molecule has 0 unspecified atom stereocenters. The Kier molecular flexibility index (Phi) is 5.36. The highest BCUT2D eigenvalue weighted by Crippen LogP contribution is 2.36. The van der Waals surface area contributed by atoms with Gasteiger partial charge < -0.3 is 4.74 Å². The Bertz CT molecular complexity index is 682. The predicted molar refractivity (Wildman–Crippen MR) is 96.1 cm³/mol. The van der Waals surface area contributed by atoms with Crippen molar-refractivity contribution in [2.75, 3.05) is 0 Å². The first-order valence-corrected chi connectivity index (χ1v) is 8.87. The molecule has 1 aromatic carbocycles. The van der Waals surface area contributed by atoms with Gasteiger partial charge in [-0.25, -0.2) is 4.39 Å². The summed E-state index contributed by atoms with van der Waals surface area (Å²) >= 11 is 4.72. The minimum absolute atomic E-state index is 0.0808. The van der Waals surface area contributed by atoms with Crippen LogP contribution in [-0.2, 0) is 15.1 Å². The van der Waals surface area contributed by atoms with Crippen molar-refractivity contribution in [1.29, 1.82) is 0 Å². The number of hydrogen-bond donors (Lipinski definition) is 0. The standard InChI is InChI=1S/C17H19BrFNO2S/c1-16(2,3)22-15(21)10-14-20-17(4,7-8-23-14)12-9-11(18)5-6-13(12)19/h5-9H,10H2,1-4H3/t17-/m0/s1. The number of benzene rings is 1. The lowest BCUT2D eigenvalue weighted by atomic mass is 9.92. The average molecular weight is 400 g/mol. The van der Waals surface area contributed by atoms with E-state index < -0.39 is 11.1 Å². The van der Waals surface area contributed by atoms with Crippen LogP contribution in [0.25, 0.3) is 0 Å². The normalized spacial score (nSPS) is 21.0. The van der Waals surface area contributed by atoms with Gasteiger partial charge in [-0.05, 0) is 57.4 Å². The fraction of sp³-hybridized carbons (Fsp3) is 0.412. The molecule has 0 radical (unpaired) electrons. The molecule has 1 heterocycles. The van der Waals surface area contributed by atoms with Crippen LogP contribution in [0.3, 0.4) is 0 Å². The molecule has 0 saturated heterocycles. The van der Waals surface area contributed by atoms with Crippen LogP contribution in [0, 0.1) is 5.82 Å². The highest BCUT2D eigenvalue weighted by molar-refractivity contribution is 9.10.